The lowest BCUT2D eigenvalue weighted by Crippen LogP contribution is -2.18. The SMILES string of the molecule is CCCCCCCCCCCc1cc(C(=N)NO)ccc1C. The van der Waals surface area contributed by atoms with Crippen molar-refractivity contribution in [2.24, 2.45) is 0 Å². The molecule has 0 radical (unpaired) electrons. The fraction of sp³-hybridized carbons (Fsp3) is 0.632. The van der Waals surface area contributed by atoms with Crippen molar-refractivity contribution in [2.75, 3.05) is 0 Å². The smallest absolute Gasteiger partial charge is 0.149 e. The Bertz CT molecular complexity index is 443. The number of amidine groups is 1. The van der Waals surface area contributed by atoms with Crippen molar-refractivity contribution in [1.29, 1.82) is 5.41 Å². The lowest BCUT2D eigenvalue weighted by molar-refractivity contribution is 0.234. The molecule has 0 saturated carbocycles. The summed E-state index contributed by atoms with van der Waals surface area (Å²) >= 11 is 0. The van der Waals surface area contributed by atoms with Crippen molar-refractivity contribution < 1.29 is 5.21 Å². The van der Waals surface area contributed by atoms with E-state index in [4.69, 9.17) is 10.6 Å². The molecule has 3 N–H and O–H groups in total. The van der Waals surface area contributed by atoms with Crippen molar-refractivity contribution in [1.82, 2.24) is 5.48 Å². The monoisotopic (exact) mass is 304 g/mol. The number of nitrogens with one attached hydrogen (secondary N) is 2. The Hall–Kier alpha value is -1.35. The first-order valence-electron chi connectivity index (χ1n) is 8.77. The van der Waals surface area contributed by atoms with Crippen LogP contribution in [0.5, 0.6) is 0 Å². The number of aryl methyl sites for hydroxylation is 2. The molecule has 1 aromatic carbocycles. The summed E-state index contributed by atoms with van der Waals surface area (Å²) < 4.78 is 0. The molecule has 1 aromatic rings. The number of benzene rings is 1. The third-order valence-corrected chi connectivity index (χ3v) is 4.30. The van der Waals surface area contributed by atoms with Crippen LogP contribution in [0.2, 0.25) is 0 Å². The van der Waals surface area contributed by atoms with Crippen LogP contribution in [0.1, 0.15) is 81.4 Å². The van der Waals surface area contributed by atoms with E-state index in [0.29, 0.717) is 0 Å². The number of unbranched alkanes of at least 4 members (excludes halogenated alkanes) is 8. The zero-order chi connectivity index (χ0) is 16.2. The molecule has 0 aliphatic carbocycles. The van der Waals surface area contributed by atoms with Crippen molar-refractivity contribution >= 4 is 5.84 Å². The summed E-state index contributed by atoms with van der Waals surface area (Å²) in [6.45, 7) is 4.37. The van der Waals surface area contributed by atoms with Crippen LogP contribution in [0.25, 0.3) is 0 Å². The van der Waals surface area contributed by atoms with Crippen LogP contribution in [0.15, 0.2) is 18.2 Å². The highest BCUT2D eigenvalue weighted by Crippen LogP contribution is 2.16. The summed E-state index contributed by atoms with van der Waals surface area (Å²) in [4.78, 5) is 0. The normalized spacial score (nSPS) is 10.7. The van der Waals surface area contributed by atoms with E-state index in [1.807, 2.05) is 23.7 Å². The van der Waals surface area contributed by atoms with E-state index >= 15 is 0 Å². The molecule has 0 heterocycles. The topological polar surface area (TPSA) is 56.1 Å². The van der Waals surface area contributed by atoms with Gasteiger partial charge in [0.05, 0.1) is 0 Å². The van der Waals surface area contributed by atoms with Crippen LogP contribution in [0, 0.1) is 12.3 Å². The van der Waals surface area contributed by atoms with Gasteiger partial charge in [0.25, 0.3) is 0 Å². The maximum Gasteiger partial charge on any atom is 0.149 e. The van der Waals surface area contributed by atoms with E-state index in [1.54, 1.807) is 0 Å². The molecule has 0 aliphatic rings. The molecule has 3 heteroatoms. The molecule has 0 bridgehead atoms. The fourth-order valence-corrected chi connectivity index (χ4v) is 2.79. The van der Waals surface area contributed by atoms with E-state index in [1.165, 1.54) is 68.9 Å². The van der Waals surface area contributed by atoms with E-state index in [-0.39, 0.29) is 5.84 Å². The van der Waals surface area contributed by atoms with E-state index in [9.17, 15) is 0 Å². The predicted molar refractivity (Wildman–Crippen MR) is 93.9 cm³/mol. The standard InChI is InChI=1S/C19H32N2O/c1-3-4-5-6-7-8-9-10-11-12-17-15-18(19(20)21-22)14-13-16(17)2/h13-15,22H,3-12H2,1-2H3,(H2,20,21). The molecular formula is C19H32N2O. The summed E-state index contributed by atoms with van der Waals surface area (Å²) in [7, 11) is 0. The van der Waals surface area contributed by atoms with Crippen molar-refractivity contribution in [3.05, 3.63) is 34.9 Å². The molecule has 0 aliphatic heterocycles. The fourth-order valence-electron chi connectivity index (χ4n) is 2.79. The number of hydrogen-bond donors (Lipinski definition) is 3. The maximum absolute atomic E-state index is 8.82. The molecule has 0 fully saturated rings. The minimum absolute atomic E-state index is 0.0633. The Morgan fingerprint density at radius 3 is 2.18 bits per heavy atom. The van der Waals surface area contributed by atoms with Gasteiger partial charge in [0, 0.05) is 5.56 Å². The molecule has 1 rings (SSSR count). The highest BCUT2D eigenvalue weighted by atomic mass is 16.5. The summed E-state index contributed by atoms with van der Waals surface area (Å²) in [5.74, 6) is 0.0633. The van der Waals surface area contributed by atoms with E-state index in [2.05, 4.69) is 13.8 Å². The van der Waals surface area contributed by atoms with Gasteiger partial charge in [-0.1, -0.05) is 70.4 Å². The van der Waals surface area contributed by atoms with Crippen molar-refractivity contribution in [3.63, 3.8) is 0 Å². The van der Waals surface area contributed by atoms with Crippen LogP contribution in [-0.4, -0.2) is 11.0 Å². The zero-order valence-corrected chi connectivity index (χ0v) is 14.3. The Morgan fingerprint density at radius 2 is 1.59 bits per heavy atom. The average molecular weight is 304 g/mol. The van der Waals surface area contributed by atoms with Gasteiger partial charge in [-0.3, -0.25) is 16.1 Å². The quantitative estimate of drug-likeness (QED) is 0.223. The minimum atomic E-state index is 0.0633. The number of hydrogen-bond acceptors (Lipinski definition) is 2. The molecule has 124 valence electrons. The molecule has 0 spiro atoms. The van der Waals surface area contributed by atoms with Crippen LogP contribution in [0.3, 0.4) is 0 Å². The summed E-state index contributed by atoms with van der Waals surface area (Å²) in [5.41, 5.74) is 5.23. The van der Waals surface area contributed by atoms with Crippen LogP contribution in [-0.2, 0) is 6.42 Å². The van der Waals surface area contributed by atoms with Crippen molar-refractivity contribution in [2.45, 2.75) is 78.1 Å². The Kier molecular flexibility index (Phi) is 9.56. The minimum Gasteiger partial charge on any atom is -0.290 e. The third-order valence-electron chi connectivity index (χ3n) is 4.30. The van der Waals surface area contributed by atoms with Gasteiger partial charge in [0.1, 0.15) is 5.84 Å². The van der Waals surface area contributed by atoms with Gasteiger partial charge >= 0.3 is 0 Å². The first-order valence-corrected chi connectivity index (χ1v) is 8.77. The molecule has 0 aromatic heterocycles. The lowest BCUT2D eigenvalue weighted by Gasteiger charge is -2.09. The Morgan fingerprint density at radius 1 is 1.00 bits per heavy atom. The average Bonchev–Trinajstić information content (AvgIpc) is 2.54. The lowest BCUT2D eigenvalue weighted by atomic mass is 9.98. The van der Waals surface area contributed by atoms with Gasteiger partial charge in [0.15, 0.2) is 0 Å². The summed E-state index contributed by atoms with van der Waals surface area (Å²) in [6, 6.07) is 5.93. The molecule has 0 saturated heterocycles. The molecule has 0 atom stereocenters. The van der Waals surface area contributed by atoms with Crippen LogP contribution >= 0.6 is 0 Å². The first kappa shape index (κ1) is 18.7. The second-order valence-electron chi connectivity index (χ2n) is 6.21. The molecule has 0 amide bonds. The Labute approximate surface area is 135 Å². The third kappa shape index (κ3) is 7.08. The zero-order valence-electron chi connectivity index (χ0n) is 14.3. The molecule has 22 heavy (non-hydrogen) atoms. The summed E-state index contributed by atoms with van der Waals surface area (Å²) in [5, 5.41) is 16.4. The number of hydroxylamine groups is 1. The van der Waals surface area contributed by atoms with E-state index in [0.717, 1.165) is 12.0 Å². The van der Waals surface area contributed by atoms with Gasteiger partial charge in [-0.15, -0.1) is 0 Å². The van der Waals surface area contributed by atoms with Crippen LogP contribution < -0.4 is 5.48 Å². The second-order valence-corrected chi connectivity index (χ2v) is 6.21. The van der Waals surface area contributed by atoms with Gasteiger partial charge in [-0.05, 0) is 37.0 Å². The molecule has 3 nitrogen and oxygen atoms in total. The highest BCUT2D eigenvalue weighted by Gasteiger charge is 2.04. The van der Waals surface area contributed by atoms with Gasteiger partial charge < -0.3 is 0 Å². The summed E-state index contributed by atoms with van der Waals surface area (Å²) in [6.07, 6.45) is 13.1. The largest absolute Gasteiger partial charge is 0.290 e. The first-order chi connectivity index (χ1) is 10.7. The molecule has 0 unspecified atom stereocenters. The molecular weight excluding hydrogens is 272 g/mol. The van der Waals surface area contributed by atoms with Gasteiger partial charge in [-0.25, -0.2) is 0 Å². The highest BCUT2D eigenvalue weighted by molar-refractivity contribution is 5.95. The number of rotatable bonds is 11. The van der Waals surface area contributed by atoms with Crippen molar-refractivity contribution in [3.8, 4) is 0 Å². The van der Waals surface area contributed by atoms with Gasteiger partial charge in [0.2, 0.25) is 0 Å². The van der Waals surface area contributed by atoms with Gasteiger partial charge in [-0.2, -0.15) is 0 Å². The predicted octanol–water partition coefficient (Wildman–Crippen LogP) is 5.37. The Balaban J connectivity index is 2.23. The maximum atomic E-state index is 8.82. The van der Waals surface area contributed by atoms with E-state index < -0.39 is 0 Å². The second kappa shape index (κ2) is 11.2. The van der Waals surface area contributed by atoms with Crippen LogP contribution in [0.4, 0.5) is 0 Å².